The lowest BCUT2D eigenvalue weighted by molar-refractivity contribution is -0.0764. The third kappa shape index (κ3) is 5.10. The largest absolute Gasteiger partial charge is 0.496 e. The number of amides is 1. The van der Waals surface area contributed by atoms with E-state index in [9.17, 15) is 4.79 Å². The maximum atomic E-state index is 12.3. The zero-order chi connectivity index (χ0) is 21.8. The van der Waals surface area contributed by atoms with Crippen molar-refractivity contribution in [2.75, 3.05) is 26.7 Å². The summed E-state index contributed by atoms with van der Waals surface area (Å²) in [5.41, 5.74) is 4.55. The van der Waals surface area contributed by atoms with Crippen molar-refractivity contribution < 1.29 is 14.3 Å². The number of aryl methyl sites for hydroxylation is 2. The second-order valence-electron chi connectivity index (χ2n) is 9.06. The number of carbonyl (C=O) groups is 1. The summed E-state index contributed by atoms with van der Waals surface area (Å²) in [6.07, 6.45) is 4.35. The molecule has 166 valence electrons. The molecule has 2 aromatic rings. The highest BCUT2D eigenvalue weighted by Crippen LogP contribution is 2.39. The highest BCUT2D eigenvalue weighted by atomic mass is 16.5. The van der Waals surface area contributed by atoms with E-state index in [1.165, 1.54) is 16.7 Å². The zero-order valence-corrected chi connectivity index (χ0v) is 18.9. The Bertz CT molecular complexity index is 904. The van der Waals surface area contributed by atoms with Crippen LogP contribution in [0, 0.1) is 13.8 Å². The zero-order valence-electron chi connectivity index (χ0n) is 18.9. The molecule has 1 spiro atoms. The van der Waals surface area contributed by atoms with Crippen molar-refractivity contribution in [3.05, 3.63) is 64.7 Å². The number of nitrogens with zero attached hydrogens (tertiary/aromatic N) is 1. The molecule has 2 heterocycles. The molecule has 4 rings (SSSR count). The summed E-state index contributed by atoms with van der Waals surface area (Å²) < 4.78 is 11.9. The topological polar surface area (TPSA) is 50.8 Å². The molecule has 0 radical (unpaired) electrons. The van der Waals surface area contributed by atoms with Crippen molar-refractivity contribution in [1.82, 2.24) is 10.2 Å². The second-order valence-corrected chi connectivity index (χ2v) is 9.06. The standard InChI is InChI=1S/C26H34N2O3/c1-19-16-24(30-3)20(2)15-22(19)18-28-13-11-26(12-14-28)10-9-23(31-26)17-27-25(29)21-7-5-4-6-8-21/h4-8,15-16,23H,9-14,17-18H2,1-3H3,(H,27,29)/t23-/m1/s1. The van der Waals surface area contributed by atoms with Crippen LogP contribution in [-0.4, -0.2) is 49.3 Å². The Hall–Kier alpha value is -2.37. The summed E-state index contributed by atoms with van der Waals surface area (Å²) >= 11 is 0. The highest BCUT2D eigenvalue weighted by Gasteiger charge is 2.42. The SMILES string of the molecule is COc1cc(C)c(CN2CCC3(CC[C@H](CNC(=O)c4ccccc4)O3)CC2)cc1C. The van der Waals surface area contributed by atoms with E-state index in [1.807, 2.05) is 30.3 Å². The number of carbonyl (C=O) groups excluding carboxylic acids is 1. The van der Waals surface area contributed by atoms with Crippen LogP contribution in [0.4, 0.5) is 0 Å². The fourth-order valence-electron chi connectivity index (χ4n) is 4.90. The normalized spacial score (nSPS) is 20.7. The van der Waals surface area contributed by atoms with Gasteiger partial charge in [-0.25, -0.2) is 0 Å². The van der Waals surface area contributed by atoms with Gasteiger partial charge in [0.15, 0.2) is 0 Å². The summed E-state index contributed by atoms with van der Waals surface area (Å²) in [7, 11) is 1.73. The molecule has 1 atom stereocenters. The van der Waals surface area contributed by atoms with Gasteiger partial charge in [-0.3, -0.25) is 9.69 Å². The molecule has 0 unspecified atom stereocenters. The Morgan fingerprint density at radius 1 is 1.13 bits per heavy atom. The van der Waals surface area contributed by atoms with Crippen molar-refractivity contribution in [3.8, 4) is 5.75 Å². The van der Waals surface area contributed by atoms with Crippen LogP contribution in [0.5, 0.6) is 5.75 Å². The molecule has 1 amide bonds. The molecule has 2 aliphatic heterocycles. The first kappa shape index (κ1) is 21.8. The molecule has 2 fully saturated rings. The smallest absolute Gasteiger partial charge is 0.251 e. The van der Waals surface area contributed by atoms with Crippen LogP contribution >= 0.6 is 0 Å². The van der Waals surface area contributed by atoms with E-state index in [2.05, 4.69) is 36.2 Å². The van der Waals surface area contributed by atoms with Crippen molar-refractivity contribution in [1.29, 1.82) is 0 Å². The minimum absolute atomic E-state index is 0.0104. The molecule has 0 aliphatic carbocycles. The van der Waals surface area contributed by atoms with Gasteiger partial charge in [-0.05, 0) is 74.4 Å². The minimum Gasteiger partial charge on any atom is -0.496 e. The van der Waals surface area contributed by atoms with E-state index < -0.39 is 0 Å². The third-order valence-corrected chi connectivity index (χ3v) is 6.88. The van der Waals surface area contributed by atoms with Crippen LogP contribution in [0.2, 0.25) is 0 Å². The third-order valence-electron chi connectivity index (χ3n) is 6.88. The van der Waals surface area contributed by atoms with Gasteiger partial charge in [0.1, 0.15) is 5.75 Å². The number of hydrogen-bond acceptors (Lipinski definition) is 4. The second kappa shape index (κ2) is 9.41. The molecule has 2 saturated heterocycles. The molecule has 5 heteroatoms. The van der Waals surface area contributed by atoms with Gasteiger partial charge < -0.3 is 14.8 Å². The molecule has 2 aromatic carbocycles. The highest BCUT2D eigenvalue weighted by molar-refractivity contribution is 5.94. The van der Waals surface area contributed by atoms with Crippen LogP contribution in [-0.2, 0) is 11.3 Å². The van der Waals surface area contributed by atoms with E-state index in [1.54, 1.807) is 7.11 Å². The van der Waals surface area contributed by atoms with E-state index >= 15 is 0 Å². The summed E-state index contributed by atoms with van der Waals surface area (Å²) in [6, 6.07) is 13.8. The van der Waals surface area contributed by atoms with E-state index in [0.717, 1.165) is 51.1 Å². The van der Waals surface area contributed by atoms with Crippen LogP contribution in [0.25, 0.3) is 0 Å². The van der Waals surface area contributed by atoms with Crippen molar-refractivity contribution in [2.24, 2.45) is 0 Å². The first-order valence-electron chi connectivity index (χ1n) is 11.4. The fourth-order valence-corrected chi connectivity index (χ4v) is 4.90. The summed E-state index contributed by atoms with van der Waals surface area (Å²) in [5, 5.41) is 3.04. The summed E-state index contributed by atoms with van der Waals surface area (Å²) in [6.45, 7) is 7.93. The molecule has 5 nitrogen and oxygen atoms in total. The Balaban J connectivity index is 1.26. The van der Waals surface area contributed by atoms with Crippen LogP contribution in [0.1, 0.15) is 52.7 Å². The average molecular weight is 423 g/mol. The molecule has 1 N–H and O–H groups in total. The molecule has 31 heavy (non-hydrogen) atoms. The maximum absolute atomic E-state index is 12.3. The number of ether oxygens (including phenoxy) is 2. The van der Waals surface area contributed by atoms with E-state index in [-0.39, 0.29) is 17.6 Å². The maximum Gasteiger partial charge on any atom is 0.251 e. The van der Waals surface area contributed by atoms with E-state index in [4.69, 9.17) is 9.47 Å². The van der Waals surface area contributed by atoms with Gasteiger partial charge in [-0.1, -0.05) is 24.3 Å². The molecular formula is C26H34N2O3. The van der Waals surface area contributed by atoms with Crippen molar-refractivity contribution in [2.45, 2.75) is 57.8 Å². The van der Waals surface area contributed by atoms with Gasteiger partial charge in [-0.2, -0.15) is 0 Å². The minimum atomic E-state index is -0.0230. The predicted molar refractivity (Wildman–Crippen MR) is 123 cm³/mol. The lowest BCUT2D eigenvalue weighted by atomic mass is 9.88. The number of likely N-dealkylation sites (tertiary alicyclic amines) is 1. The van der Waals surface area contributed by atoms with Gasteiger partial charge in [-0.15, -0.1) is 0 Å². The van der Waals surface area contributed by atoms with Gasteiger partial charge in [0.2, 0.25) is 0 Å². The molecule has 0 aromatic heterocycles. The number of rotatable bonds is 6. The number of benzene rings is 2. The van der Waals surface area contributed by atoms with Crippen molar-refractivity contribution >= 4 is 5.91 Å². The number of methoxy groups -OCH3 is 1. The first-order valence-corrected chi connectivity index (χ1v) is 11.4. The predicted octanol–water partition coefficient (Wildman–Crippen LogP) is 4.26. The monoisotopic (exact) mass is 422 g/mol. The van der Waals surface area contributed by atoms with Crippen LogP contribution in [0.3, 0.4) is 0 Å². The number of piperidine rings is 1. The van der Waals surface area contributed by atoms with E-state index in [0.29, 0.717) is 12.1 Å². The average Bonchev–Trinajstić information content (AvgIpc) is 3.19. The Labute approximate surface area is 185 Å². The van der Waals surface area contributed by atoms with Gasteiger partial charge >= 0.3 is 0 Å². The molecular weight excluding hydrogens is 388 g/mol. The summed E-state index contributed by atoms with van der Waals surface area (Å²) in [5.74, 6) is 0.939. The summed E-state index contributed by atoms with van der Waals surface area (Å²) in [4.78, 5) is 14.8. The quantitative estimate of drug-likeness (QED) is 0.756. The van der Waals surface area contributed by atoms with Crippen LogP contribution < -0.4 is 10.1 Å². The van der Waals surface area contributed by atoms with Crippen LogP contribution in [0.15, 0.2) is 42.5 Å². The van der Waals surface area contributed by atoms with Crippen molar-refractivity contribution in [3.63, 3.8) is 0 Å². The lowest BCUT2D eigenvalue weighted by Crippen LogP contribution is -2.45. The molecule has 0 saturated carbocycles. The number of nitrogens with one attached hydrogen (secondary N) is 1. The lowest BCUT2D eigenvalue weighted by Gasteiger charge is -2.39. The fraction of sp³-hybridized carbons (Fsp3) is 0.500. The first-order chi connectivity index (χ1) is 15.0. The Morgan fingerprint density at radius 2 is 1.87 bits per heavy atom. The Morgan fingerprint density at radius 3 is 2.58 bits per heavy atom. The molecule has 0 bridgehead atoms. The van der Waals surface area contributed by atoms with Gasteiger partial charge in [0, 0.05) is 31.7 Å². The van der Waals surface area contributed by atoms with Gasteiger partial charge in [0.25, 0.3) is 5.91 Å². The number of hydrogen-bond donors (Lipinski definition) is 1. The van der Waals surface area contributed by atoms with Gasteiger partial charge in [0.05, 0.1) is 18.8 Å². The molecule has 2 aliphatic rings. The Kier molecular flexibility index (Phi) is 6.63.